The van der Waals surface area contributed by atoms with E-state index in [9.17, 15) is 18.3 Å². The fraction of sp³-hybridized carbons (Fsp3) is 0.600. The van der Waals surface area contributed by atoms with Crippen LogP contribution >= 0.6 is 0 Å². The normalized spacial score (nSPS) is 19.1. The molecular formula is C15H19F3O2. The van der Waals surface area contributed by atoms with E-state index in [2.05, 4.69) is 0 Å². The van der Waals surface area contributed by atoms with Crippen LogP contribution in [-0.2, 0) is 23.1 Å². The summed E-state index contributed by atoms with van der Waals surface area (Å²) in [6.45, 7) is -0.412. The Morgan fingerprint density at radius 3 is 2.35 bits per heavy atom. The van der Waals surface area contributed by atoms with Gasteiger partial charge in [-0.3, -0.25) is 0 Å². The number of aliphatic hydroxyl groups excluding tert-OH is 1. The molecule has 0 heterocycles. The van der Waals surface area contributed by atoms with Crippen LogP contribution in [-0.4, -0.2) is 12.2 Å². The van der Waals surface area contributed by atoms with Crippen molar-refractivity contribution in [3.8, 4) is 0 Å². The molecule has 2 rings (SSSR count). The first-order valence-corrected chi connectivity index (χ1v) is 6.79. The molecule has 1 fully saturated rings. The SMILES string of the molecule is COC1(c2ccc(C(F)(F)F)cc2CO)CCCCC1. The lowest BCUT2D eigenvalue weighted by Gasteiger charge is -2.38. The van der Waals surface area contributed by atoms with Crippen LogP contribution in [0.5, 0.6) is 0 Å². The molecule has 0 radical (unpaired) electrons. The maximum atomic E-state index is 12.7. The first-order valence-electron chi connectivity index (χ1n) is 6.79. The maximum absolute atomic E-state index is 12.7. The summed E-state index contributed by atoms with van der Waals surface area (Å²) in [6.07, 6.45) is 0.249. The third-order valence-electron chi connectivity index (χ3n) is 4.15. The second kappa shape index (κ2) is 5.74. The van der Waals surface area contributed by atoms with Crippen molar-refractivity contribution in [1.29, 1.82) is 0 Å². The van der Waals surface area contributed by atoms with Gasteiger partial charge in [0, 0.05) is 7.11 Å². The first-order chi connectivity index (χ1) is 9.43. The monoisotopic (exact) mass is 288 g/mol. The Kier molecular flexibility index (Phi) is 4.39. The number of aliphatic hydroxyl groups is 1. The number of benzene rings is 1. The molecule has 1 aliphatic rings. The molecule has 0 bridgehead atoms. The Morgan fingerprint density at radius 1 is 1.20 bits per heavy atom. The predicted octanol–water partition coefficient (Wildman–Crippen LogP) is 4.00. The van der Waals surface area contributed by atoms with E-state index in [1.54, 1.807) is 7.11 Å². The van der Waals surface area contributed by atoms with Gasteiger partial charge in [0.2, 0.25) is 0 Å². The Bertz CT molecular complexity index is 463. The van der Waals surface area contributed by atoms with E-state index in [4.69, 9.17) is 4.74 Å². The highest BCUT2D eigenvalue weighted by Crippen LogP contribution is 2.42. The van der Waals surface area contributed by atoms with E-state index in [0.29, 0.717) is 11.1 Å². The lowest BCUT2D eigenvalue weighted by atomic mass is 9.77. The summed E-state index contributed by atoms with van der Waals surface area (Å²) in [4.78, 5) is 0. The lowest BCUT2D eigenvalue weighted by molar-refractivity contribution is -0.137. The van der Waals surface area contributed by atoms with Gasteiger partial charge in [0.25, 0.3) is 0 Å². The van der Waals surface area contributed by atoms with E-state index < -0.39 is 23.9 Å². The van der Waals surface area contributed by atoms with Gasteiger partial charge >= 0.3 is 6.18 Å². The van der Waals surface area contributed by atoms with Crippen molar-refractivity contribution in [1.82, 2.24) is 0 Å². The Labute approximate surface area is 116 Å². The van der Waals surface area contributed by atoms with E-state index in [1.807, 2.05) is 0 Å². The molecule has 2 nitrogen and oxygen atoms in total. The highest BCUT2D eigenvalue weighted by molar-refractivity contribution is 5.37. The third-order valence-corrected chi connectivity index (χ3v) is 4.15. The number of hydrogen-bond donors (Lipinski definition) is 1. The molecule has 0 aromatic heterocycles. The third kappa shape index (κ3) is 2.83. The zero-order valence-electron chi connectivity index (χ0n) is 11.5. The van der Waals surface area contributed by atoms with Crippen molar-refractivity contribution >= 4 is 0 Å². The van der Waals surface area contributed by atoms with E-state index in [0.717, 1.165) is 44.2 Å². The smallest absolute Gasteiger partial charge is 0.392 e. The van der Waals surface area contributed by atoms with Crippen LogP contribution in [0.3, 0.4) is 0 Å². The lowest BCUT2D eigenvalue weighted by Crippen LogP contribution is -2.32. The molecule has 0 spiro atoms. The zero-order valence-corrected chi connectivity index (χ0v) is 11.5. The van der Waals surface area contributed by atoms with Crippen LogP contribution in [0.25, 0.3) is 0 Å². The number of rotatable bonds is 3. The van der Waals surface area contributed by atoms with E-state index >= 15 is 0 Å². The van der Waals surface area contributed by atoms with Gasteiger partial charge in [0.05, 0.1) is 17.8 Å². The van der Waals surface area contributed by atoms with Crippen molar-refractivity contribution in [2.24, 2.45) is 0 Å². The van der Waals surface area contributed by atoms with E-state index in [1.165, 1.54) is 6.07 Å². The van der Waals surface area contributed by atoms with Gasteiger partial charge in [0.15, 0.2) is 0 Å². The molecule has 0 unspecified atom stereocenters. The van der Waals surface area contributed by atoms with Crippen LogP contribution in [0.15, 0.2) is 18.2 Å². The quantitative estimate of drug-likeness (QED) is 0.910. The number of alkyl halides is 3. The average Bonchev–Trinajstić information content (AvgIpc) is 2.46. The summed E-state index contributed by atoms with van der Waals surface area (Å²) >= 11 is 0. The summed E-state index contributed by atoms with van der Waals surface area (Å²) in [5, 5.41) is 9.43. The number of ether oxygens (including phenoxy) is 1. The van der Waals surface area contributed by atoms with Crippen molar-refractivity contribution < 1.29 is 23.0 Å². The number of methoxy groups -OCH3 is 1. The fourth-order valence-electron chi connectivity index (χ4n) is 3.05. The molecule has 20 heavy (non-hydrogen) atoms. The van der Waals surface area contributed by atoms with Gasteiger partial charge in [0.1, 0.15) is 0 Å². The van der Waals surface area contributed by atoms with Gasteiger partial charge < -0.3 is 9.84 Å². The largest absolute Gasteiger partial charge is 0.416 e. The van der Waals surface area contributed by atoms with Crippen LogP contribution in [0.1, 0.15) is 48.8 Å². The summed E-state index contributed by atoms with van der Waals surface area (Å²) in [6, 6.07) is 3.57. The Balaban J connectivity index is 2.45. The van der Waals surface area contributed by atoms with E-state index in [-0.39, 0.29) is 0 Å². The standard InChI is InChI=1S/C15H19F3O2/c1-20-14(7-3-2-4-8-14)13-6-5-12(15(16,17)18)9-11(13)10-19/h5-6,9,19H,2-4,7-8,10H2,1H3. The molecule has 1 aromatic carbocycles. The molecule has 1 aliphatic carbocycles. The molecule has 0 aliphatic heterocycles. The van der Waals surface area contributed by atoms with Crippen molar-refractivity contribution in [3.05, 3.63) is 34.9 Å². The first kappa shape index (κ1) is 15.3. The second-order valence-electron chi connectivity index (χ2n) is 5.29. The van der Waals surface area contributed by atoms with Crippen LogP contribution in [0, 0.1) is 0 Å². The van der Waals surface area contributed by atoms with Gasteiger partial charge in [-0.05, 0) is 36.1 Å². The molecule has 5 heteroatoms. The molecule has 1 N–H and O–H groups in total. The predicted molar refractivity (Wildman–Crippen MR) is 69.1 cm³/mol. The van der Waals surface area contributed by atoms with Crippen molar-refractivity contribution in [2.75, 3.05) is 7.11 Å². The summed E-state index contributed by atoms with van der Waals surface area (Å²) in [5.74, 6) is 0. The minimum absolute atomic E-state index is 0.309. The second-order valence-corrected chi connectivity index (χ2v) is 5.29. The zero-order chi connectivity index (χ0) is 14.8. The van der Waals surface area contributed by atoms with Gasteiger partial charge in [-0.15, -0.1) is 0 Å². The number of hydrogen-bond acceptors (Lipinski definition) is 2. The van der Waals surface area contributed by atoms with Crippen LogP contribution in [0.2, 0.25) is 0 Å². The highest BCUT2D eigenvalue weighted by atomic mass is 19.4. The highest BCUT2D eigenvalue weighted by Gasteiger charge is 2.37. The van der Waals surface area contributed by atoms with Crippen molar-refractivity contribution in [3.63, 3.8) is 0 Å². The molecule has 0 saturated heterocycles. The van der Waals surface area contributed by atoms with Crippen LogP contribution < -0.4 is 0 Å². The summed E-state index contributed by atoms with van der Waals surface area (Å²) in [7, 11) is 1.59. The molecule has 1 saturated carbocycles. The summed E-state index contributed by atoms with van der Waals surface area (Å²) < 4.78 is 43.9. The van der Waals surface area contributed by atoms with Gasteiger partial charge in [-0.25, -0.2) is 0 Å². The molecule has 0 amide bonds. The fourth-order valence-corrected chi connectivity index (χ4v) is 3.05. The Morgan fingerprint density at radius 2 is 1.85 bits per heavy atom. The van der Waals surface area contributed by atoms with Crippen molar-refractivity contribution in [2.45, 2.75) is 50.5 Å². The topological polar surface area (TPSA) is 29.5 Å². The average molecular weight is 288 g/mol. The number of halogens is 3. The molecule has 0 atom stereocenters. The van der Waals surface area contributed by atoms with Gasteiger partial charge in [-0.1, -0.05) is 25.3 Å². The van der Waals surface area contributed by atoms with Gasteiger partial charge in [-0.2, -0.15) is 13.2 Å². The molecular weight excluding hydrogens is 269 g/mol. The Hall–Kier alpha value is -1.07. The minimum atomic E-state index is -4.39. The minimum Gasteiger partial charge on any atom is -0.392 e. The van der Waals surface area contributed by atoms with Crippen LogP contribution in [0.4, 0.5) is 13.2 Å². The summed E-state index contributed by atoms with van der Waals surface area (Å²) in [5.41, 5.74) is -0.286. The maximum Gasteiger partial charge on any atom is 0.416 e. The molecule has 1 aromatic rings. The molecule has 112 valence electrons.